The third-order valence-electron chi connectivity index (χ3n) is 5.32. The molecule has 0 aromatic carbocycles. The van der Waals surface area contributed by atoms with E-state index in [1.165, 1.54) is 36.3 Å². The maximum absolute atomic E-state index is 14.3. The van der Waals surface area contributed by atoms with Crippen molar-refractivity contribution in [2.24, 2.45) is 0 Å². The van der Waals surface area contributed by atoms with Gasteiger partial charge in [0, 0.05) is 18.9 Å². The van der Waals surface area contributed by atoms with E-state index in [2.05, 4.69) is 36.1 Å². The summed E-state index contributed by atoms with van der Waals surface area (Å²) < 4.78 is 15.6. The van der Waals surface area contributed by atoms with Crippen molar-refractivity contribution in [3.8, 4) is 0 Å². The number of halogens is 1. The van der Waals surface area contributed by atoms with Gasteiger partial charge in [-0.25, -0.2) is 9.07 Å². The van der Waals surface area contributed by atoms with Gasteiger partial charge in [0.1, 0.15) is 6.17 Å². The summed E-state index contributed by atoms with van der Waals surface area (Å²) in [6.07, 6.45) is 5.09. The average Bonchev–Trinajstić information content (AvgIpc) is 3.57. The molecule has 2 N–H and O–H groups in total. The summed E-state index contributed by atoms with van der Waals surface area (Å²) in [5, 5.41) is 20.7. The molecule has 0 radical (unpaired) electrons. The fourth-order valence-electron chi connectivity index (χ4n) is 3.39. The summed E-state index contributed by atoms with van der Waals surface area (Å²) >= 11 is 0. The van der Waals surface area contributed by atoms with Crippen LogP contribution in [0.25, 0.3) is 0 Å². The van der Waals surface area contributed by atoms with Crippen LogP contribution >= 0.6 is 0 Å². The number of anilines is 1. The predicted octanol–water partition coefficient (Wildman–Crippen LogP) is 1.85. The lowest BCUT2D eigenvalue weighted by molar-refractivity contribution is -0.115. The monoisotopic (exact) mass is 452 g/mol. The number of hydrogen-bond donors (Lipinski definition) is 2. The lowest BCUT2D eigenvalue weighted by Crippen LogP contribution is -2.18. The second kappa shape index (κ2) is 10.2. The number of alkyl halides is 1. The minimum Gasteiger partial charge on any atom is -0.354 e. The molecule has 0 bridgehead atoms. The molecule has 0 spiro atoms. The Morgan fingerprint density at radius 1 is 1.18 bits per heavy atom. The van der Waals surface area contributed by atoms with E-state index in [-0.39, 0.29) is 36.9 Å². The van der Waals surface area contributed by atoms with Crippen molar-refractivity contribution in [1.29, 1.82) is 0 Å². The van der Waals surface area contributed by atoms with Gasteiger partial charge < -0.3 is 10.6 Å². The van der Waals surface area contributed by atoms with Crippen molar-refractivity contribution in [2.45, 2.75) is 50.7 Å². The number of nitrogens with zero attached hydrogens (tertiary/aromatic N) is 6. The first-order valence-corrected chi connectivity index (χ1v) is 10.8. The molecular formula is C22H25FN8O2. The van der Waals surface area contributed by atoms with E-state index in [1.807, 2.05) is 12.1 Å². The highest BCUT2D eigenvalue weighted by Gasteiger charge is 2.23. The summed E-state index contributed by atoms with van der Waals surface area (Å²) in [6.45, 7) is -0.0124. The van der Waals surface area contributed by atoms with E-state index >= 15 is 0 Å². The zero-order valence-corrected chi connectivity index (χ0v) is 18.2. The number of pyridine rings is 1. The second-order valence-electron chi connectivity index (χ2n) is 8.03. The van der Waals surface area contributed by atoms with Gasteiger partial charge in [0.05, 0.1) is 24.9 Å². The molecule has 11 heteroatoms. The van der Waals surface area contributed by atoms with Gasteiger partial charge >= 0.3 is 0 Å². The van der Waals surface area contributed by atoms with Gasteiger partial charge in [-0.05, 0) is 61.4 Å². The Balaban J connectivity index is 1.22. The quantitative estimate of drug-likeness (QED) is 0.480. The summed E-state index contributed by atoms with van der Waals surface area (Å²) in [5.41, 5.74) is 2.71. The van der Waals surface area contributed by atoms with Crippen LogP contribution in [0.2, 0.25) is 0 Å². The first-order chi connectivity index (χ1) is 16.0. The third-order valence-corrected chi connectivity index (χ3v) is 5.32. The largest absolute Gasteiger partial charge is 0.354 e. The Morgan fingerprint density at radius 2 is 2.03 bits per heavy atom. The zero-order chi connectivity index (χ0) is 23.2. The molecule has 3 heterocycles. The van der Waals surface area contributed by atoms with Gasteiger partial charge in [0.15, 0.2) is 11.5 Å². The minimum atomic E-state index is -1.19. The molecule has 3 aromatic heterocycles. The summed E-state index contributed by atoms with van der Waals surface area (Å²) in [7, 11) is 1.49. The maximum atomic E-state index is 14.3. The SMILES string of the molecule is CNC(=O)c1cn(C[C@H](F)CCc2ccc(NC(=O)Cc3cc(C4CC4)ccn3)nn2)nn1. The third kappa shape index (κ3) is 6.37. The molecule has 0 aliphatic heterocycles. The molecular weight excluding hydrogens is 427 g/mol. The number of aromatic nitrogens is 6. The van der Waals surface area contributed by atoms with Crippen molar-refractivity contribution in [3.63, 3.8) is 0 Å². The van der Waals surface area contributed by atoms with E-state index in [0.29, 0.717) is 23.9 Å². The smallest absolute Gasteiger partial charge is 0.273 e. The van der Waals surface area contributed by atoms with Crippen molar-refractivity contribution in [2.75, 3.05) is 12.4 Å². The minimum absolute atomic E-state index is 0.0124. The Bertz CT molecular complexity index is 1110. The van der Waals surface area contributed by atoms with E-state index in [9.17, 15) is 14.0 Å². The molecule has 1 aliphatic carbocycles. The lowest BCUT2D eigenvalue weighted by Gasteiger charge is -2.08. The molecule has 10 nitrogen and oxygen atoms in total. The molecule has 1 atom stereocenters. The molecule has 4 rings (SSSR count). The van der Waals surface area contributed by atoms with Crippen LogP contribution in [0.3, 0.4) is 0 Å². The van der Waals surface area contributed by atoms with Gasteiger partial charge in [-0.15, -0.1) is 10.2 Å². The van der Waals surface area contributed by atoms with E-state index in [0.717, 1.165) is 5.69 Å². The number of carbonyl (C=O) groups is 2. The van der Waals surface area contributed by atoms with Crippen LogP contribution in [-0.4, -0.2) is 55.2 Å². The standard InChI is InChI=1S/C22H25FN8O2/c1-24-22(33)19-13-31(30-28-19)12-16(23)4-5-17-6-7-20(29-27-17)26-21(32)11-18-10-15(8-9-25-18)14-2-3-14/h6-10,13-14,16H,2-5,11-12H2,1H3,(H,24,33)(H,26,29,32)/t16-/m1/s1. The maximum Gasteiger partial charge on any atom is 0.273 e. The average molecular weight is 452 g/mol. The molecule has 0 saturated heterocycles. The first-order valence-electron chi connectivity index (χ1n) is 10.8. The number of aryl methyl sites for hydroxylation is 1. The van der Waals surface area contributed by atoms with Crippen LogP contribution < -0.4 is 10.6 Å². The van der Waals surface area contributed by atoms with E-state index in [1.54, 1.807) is 18.3 Å². The fraction of sp³-hybridized carbons (Fsp3) is 0.409. The number of amides is 2. The topological polar surface area (TPSA) is 128 Å². The summed E-state index contributed by atoms with van der Waals surface area (Å²) in [4.78, 5) is 28.1. The Labute approximate surface area is 190 Å². The van der Waals surface area contributed by atoms with Crippen molar-refractivity contribution in [1.82, 2.24) is 35.5 Å². The normalized spacial score (nSPS) is 14.0. The van der Waals surface area contributed by atoms with Crippen LogP contribution in [0.4, 0.5) is 10.2 Å². The summed E-state index contributed by atoms with van der Waals surface area (Å²) in [5.74, 6) is 0.351. The highest BCUT2D eigenvalue weighted by Crippen LogP contribution is 2.39. The van der Waals surface area contributed by atoms with Crippen LogP contribution in [0, 0.1) is 0 Å². The van der Waals surface area contributed by atoms with Crippen LogP contribution in [0.1, 0.15) is 52.6 Å². The molecule has 2 amide bonds. The fourth-order valence-corrected chi connectivity index (χ4v) is 3.39. The molecule has 172 valence electrons. The zero-order valence-electron chi connectivity index (χ0n) is 18.2. The number of carbonyl (C=O) groups excluding carboxylic acids is 2. The highest BCUT2D eigenvalue weighted by molar-refractivity contribution is 5.91. The lowest BCUT2D eigenvalue weighted by atomic mass is 10.1. The van der Waals surface area contributed by atoms with Crippen molar-refractivity contribution >= 4 is 17.6 Å². The molecule has 33 heavy (non-hydrogen) atoms. The van der Waals surface area contributed by atoms with Crippen molar-refractivity contribution < 1.29 is 14.0 Å². The van der Waals surface area contributed by atoms with Crippen molar-refractivity contribution in [3.05, 3.63) is 59.3 Å². The predicted molar refractivity (Wildman–Crippen MR) is 117 cm³/mol. The van der Waals surface area contributed by atoms with Gasteiger partial charge in [-0.3, -0.25) is 14.6 Å². The molecule has 0 unspecified atom stereocenters. The van der Waals surface area contributed by atoms with E-state index in [4.69, 9.17) is 0 Å². The molecule has 1 fully saturated rings. The Morgan fingerprint density at radius 3 is 2.76 bits per heavy atom. The second-order valence-corrected chi connectivity index (χ2v) is 8.03. The Kier molecular flexibility index (Phi) is 6.96. The number of rotatable bonds is 10. The van der Waals surface area contributed by atoms with Crippen LogP contribution in [0.15, 0.2) is 36.7 Å². The van der Waals surface area contributed by atoms with Gasteiger partial charge in [0.25, 0.3) is 5.91 Å². The molecule has 1 saturated carbocycles. The number of nitrogens with one attached hydrogen (secondary N) is 2. The first kappa shape index (κ1) is 22.4. The molecule has 3 aromatic rings. The highest BCUT2D eigenvalue weighted by atomic mass is 19.1. The van der Waals surface area contributed by atoms with Gasteiger partial charge in [-0.2, -0.15) is 5.10 Å². The molecule has 1 aliphatic rings. The van der Waals surface area contributed by atoms with Gasteiger partial charge in [-0.1, -0.05) is 5.21 Å². The Hall–Kier alpha value is -3.76. The van der Waals surface area contributed by atoms with Crippen LogP contribution in [0.5, 0.6) is 0 Å². The van der Waals surface area contributed by atoms with Crippen LogP contribution in [-0.2, 0) is 24.2 Å². The van der Waals surface area contributed by atoms with Gasteiger partial charge in [0.2, 0.25) is 5.91 Å². The van der Waals surface area contributed by atoms with E-state index < -0.39 is 6.17 Å². The summed E-state index contributed by atoms with van der Waals surface area (Å²) in [6, 6.07) is 7.34. The number of hydrogen-bond acceptors (Lipinski definition) is 7.